The van der Waals surface area contributed by atoms with Gasteiger partial charge in [-0.3, -0.25) is 37.3 Å². The van der Waals surface area contributed by atoms with Gasteiger partial charge in [0.2, 0.25) is 0 Å². The summed E-state index contributed by atoms with van der Waals surface area (Å²) in [4.78, 5) is 72.9. The zero-order valence-electron chi connectivity index (χ0n) is 62.2. The summed E-state index contributed by atoms with van der Waals surface area (Å²) in [6.07, 6.45) is 71.6. The van der Waals surface area contributed by atoms with Crippen LogP contribution in [-0.4, -0.2) is 96.7 Å². The lowest BCUT2D eigenvalue weighted by molar-refractivity contribution is -0.161. The van der Waals surface area contributed by atoms with Crippen molar-refractivity contribution in [3.05, 3.63) is 72.9 Å². The average molecular weight is 1430 g/mol. The Hall–Kier alpha value is -3.50. The number of phosphoric acid groups is 2. The molecule has 0 aromatic rings. The van der Waals surface area contributed by atoms with E-state index < -0.39 is 97.5 Å². The fourth-order valence-electron chi connectivity index (χ4n) is 10.6. The Kier molecular flexibility index (Phi) is 69.3. The largest absolute Gasteiger partial charge is 0.472 e. The summed E-state index contributed by atoms with van der Waals surface area (Å²) < 4.78 is 68.5. The molecular formula is C79H142O17P2. The molecule has 0 saturated carbocycles. The highest BCUT2D eigenvalue weighted by molar-refractivity contribution is 7.47. The molecule has 0 aliphatic rings. The maximum Gasteiger partial charge on any atom is 0.472 e. The monoisotopic (exact) mass is 1420 g/mol. The highest BCUT2D eigenvalue weighted by atomic mass is 31.2. The molecule has 0 aliphatic heterocycles. The van der Waals surface area contributed by atoms with Crippen molar-refractivity contribution in [3.63, 3.8) is 0 Å². The van der Waals surface area contributed by atoms with Crippen LogP contribution in [0.25, 0.3) is 0 Å². The SMILES string of the molecule is CCCCC/C=C\C/C=C\CCCCCCCC(=O)O[C@H](COC(=O)CCCCCCCCCCCCCCC)COP(=O)(O)OC[C@H](O)COP(=O)(O)OC[C@@H](COC(=O)CCCCCCC/C=C\C=C/CCCCCC)OC(=O)CCCCCCC/C=C\C=C/CCCCCC. The van der Waals surface area contributed by atoms with Crippen LogP contribution < -0.4 is 0 Å². The number of ether oxygens (including phenoxy) is 4. The van der Waals surface area contributed by atoms with E-state index in [0.29, 0.717) is 25.7 Å². The summed E-state index contributed by atoms with van der Waals surface area (Å²) in [5.74, 6) is -2.20. The van der Waals surface area contributed by atoms with Crippen molar-refractivity contribution in [3.8, 4) is 0 Å². The Bertz CT molecular complexity index is 2140. The quantitative estimate of drug-likeness (QED) is 0.0128. The molecular weight excluding hydrogens is 1280 g/mol. The third-order valence-corrected chi connectivity index (χ3v) is 18.6. The summed E-state index contributed by atoms with van der Waals surface area (Å²) in [5, 5.41) is 10.6. The zero-order valence-corrected chi connectivity index (χ0v) is 64.0. The van der Waals surface area contributed by atoms with Crippen LogP contribution in [0.2, 0.25) is 0 Å². The minimum absolute atomic E-state index is 0.0761. The fraction of sp³-hybridized carbons (Fsp3) is 0.797. The van der Waals surface area contributed by atoms with Crippen LogP contribution in [0, 0.1) is 0 Å². The third kappa shape index (κ3) is 70.9. The number of aliphatic hydroxyl groups excluding tert-OH is 1. The highest BCUT2D eigenvalue weighted by Crippen LogP contribution is 2.45. The molecule has 0 radical (unpaired) electrons. The second-order valence-electron chi connectivity index (χ2n) is 26.4. The van der Waals surface area contributed by atoms with Crippen molar-refractivity contribution in [1.29, 1.82) is 0 Å². The van der Waals surface area contributed by atoms with Gasteiger partial charge in [-0.2, -0.15) is 0 Å². The number of phosphoric ester groups is 2. The molecule has 0 amide bonds. The number of carbonyl (C=O) groups is 4. The topological polar surface area (TPSA) is 237 Å². The molecule has 2 unspecified atom stereocenters. The molecule has 0 aromatic carbocycles. The highest BCUT2D eigenvalue weighted by Gasteiger charge is 2.30. The van der Waals surface area contributed by atoms with Crippen molar-refractivity contribution in [2.24, 2.45) is 0 Å². The van der Waals surface area contributed by atoms with Gasteiger partial charge < -0.3 is 33.8 Å². The molecule has 98 heavy (non-hydrogen) atoms. The predicted molar refractivity (Wildman–Crippen MR) is 400 cm³/mol. The molecule has 5 atom stereocenters. The number of allylic oxidation sites excluding steroid dienone is 12. The smallest absolute Gasteiger partial charge is 0.462 e. The van der Waals surface area contributed by atoms with Gasteiger partial charge in [-0.15, -0.1) is 0 Å². The third-order valence-electron chi connectivity index (χ3n) is 16.7. The number of carbonyl (C=O) groups excluding carboxylic acids is 4. The Balaban J connectivity index is 5.37. The van der Waals surface area contributed by atoms with E-state index in [1.807, 2.05) is 0 Å². The number of rotatable bonds is 74. The number of aliphatic hydroxyl groups is 1. The molecule has 0 aromatic heterocycles. The van der Waals surface area contributed by atoms with Gasteiger partial charge in [-0.1, -0.05) is 287 Å². The zero-order chi connectivity index (χ0) is 71.8. The molecule has 0 heterocycles. The van der Waals surface area contributed by atoms with E-state index in [0.717, 1.165) is 141 Å². The van der Waals surface area contributed by atoms with Crippen LogP contribution in [-0.2, 0) is 65.4 Å². The first-order valence-electron chi connectivity index (χ1n) is 39.2. The lowest BCUT2D eigenvalue weighted by atomic mass is 10.0. The molecule has 0 rings (SSSR count). The molecule has 19 heteroatoms. The lowest BCUT2D eigenvalue weighted by Crippen LogP contribution is -2.30. The number of hydrogen-bond acceptors (Lipinski definition) is 15. The Morgan fingerprint density at radius 2 is 0.531 bits per heavy atom. The first-order chi connectivity index (χ1) is 47.7. The van der Waals surface area contributed by atoms with E-state index in [1.165, 1.54) is 128 Å². The first-order valence-corrected chi connectivity index (χ1v) is 42.2. The van der Waals surface area contributed by atoms with Crippen LogP contribution in [0.15, 0.2) is 72.9 Å². The van der Waals surface area contributed by atoms with Gasteiger partial charge in [0.15, 0.2) is 12.2 Å². The summed E-state index contributed by atoms with van der Waals surface area (Å²) in [6, 6.07) is 0. The van der Waals surface area contributed by atoms with Gasteiger partial charge in [0, 0.05) is 25.7 Å². The normalized spacial score (nSPS) is 14.3. The van der Waals surface area contributed by atoms with Gasteiger partial charge in [0.25, 0.3) is 0 Å². The minimum Gasteiger partial charge on any atom is -0.462 e. The predicted octanol–water partition coefficient (Wildman–Crippen LogP) is 22.4. The van der Waals surface area contributed by atoms with Crippen molar-refractivity contribution in [2.45, 2.75) is 367 Å². The van der Waals surface area contributed by atoms with Gasteiger partial charge in [0.05, 0.1) is 26.4 Å². The van der Waals surface area contributed by atoms with Gasteiger partial charge in [-0.25, -0.2) is 9.13 Å². The minimum atomic E-state index is -4.98. The molecule has 0 bridgehead atoms. The summed E-state index contributed by atoms with van der Waals surface area (Å²) in [5.41, 5.74) is 0. The molecule has 3 N–H and O–H groups in total. The summed E-state index contributed by atoms with van der Waals surface area (Å²) in [6.45, 7) is 4.80. The number of esters is 4. The van der Waals surface area contributed by atoms with E-state index in [-0.39, 0.29) is 25.7 Å². The van der Waals surface area contributed by atoms with Gasteiger partial charge >= 0.3 is 39.5 Å². The van der Waals surface area contributed by atoms with Crippen LogP contribution in [0.3, 0.4) is 0 Å². The van der Waals surface area contributed by atoms with E-state index in [4.69, 9.17) is 37.0 Å². The second kappa shape index (κ2) is 71.9. The van der Waals surface area contributed by atoms with Crippen LogP contribution >= 0.6 is 15.6 Å². The second-order valence-corrected chi connectivity index (χ2v) is 29.3. The van der Waals surface area contributed by atoms with E-state index in [2.05, 4.69) is 101 Å². The Labute approximate surface area is 596 Å². The molecule has 0 aliphatic carbocycles. The van der Waals surface area contributed by atoms with Crippen LogP contribution in [0.1, 0.15) is 349 Å². The summed E-state index contributed by atoms with van der Waals surface area (Å²) in [7, 11) is -9.95. The van der Waals surface area contributed by atoms with Crippen molar-refractivity contribution in [2.75, 3.05) is 39.6 Å². The maximum absolute atomic E-state index is 13.1. The molecule has 0 fully saturated rings. The average Bonchev–Trinajstić information content (AvgIpc) is 1.05. The number of hydrogen-bond donors (Lipinski definition) is 3. The Morgan fingerprint density at radius 1 is 0.296 bits per heavy atom. The van der Waals surface area contributed by atoms with E-state index in [1.54, 1.807) is 0 Å². The van der Waals surface area contributed by atoms with Crippen molar-refractivity contribution >= 4 is 39.5 Å². The maximum atomic E-state index is 13.1. The van der Waals surface area contributed by atoms with E-state index >= 15 is 0 Å². The molecule has 570 valence electrons. The van der Waals surface area contributed by atoms with Crippen LogP contribution in [0.5, 0.6) is 0 Å². The molecule has 17 nitrogen and oxygen atoms in total. The fourth-order valence-corrected chi connectivity index (χ4v) is 12.2. The van der Waals surface area contributed by atoms with E-state index in [9.17, 15) is 43.2 Å². The van der Waals surface area contributed by atoms with Gasteiger partial charge in [0.1, 0.15) is 19.3 Å². The molecule has 0 saturated heterocycles. The molecule has 0 spiro atoms. The van der Waals surface area contributed by atoms with Crippen molar-refractivity contribution in [1.82, 2.24) is 0 Å². The number of unbranched alkanes of at least 4 members (excludes halogenated alkanes) is 38. The Morgan fingerprint density at radius 3 is 0.847 bits per heavy atom. The van der Waals surface area contributed by atoms with Gasteiger partial charge in [-0.05, 0) is 109 Å². The van der Waals surface area contributed by atoms with Crippen LogP contribution in [0.4, 0.5) is 0 Å². The summed E-state index contributed by atoms with van der Waals surface area (Å²) >= 11 is 0. The van der Waals surface area contributed by atoms with Crippen molar-refractivity contribution < 1.29 is 80.2 Å². The first kappa shape index (κ1) is 94.5. The lowest BCUT2D eigenvalue weighted by Gasteiger charge is -2.21. The standard InChI is InChI=1S/C79H142O17P2/c1-5-9-13-17-21-25-29-33-36-40-44-48-52-56-60-64-77(82)90-70-75(96-79(84)66-62-58-54-50-46-42-38-35-31-27-23-19-15-11-7-3)72-94-98(87,88)92-68-73(80)67-91-97(85,86)93-71-74(69-89-76(81)63-59-55-51-47-43-39-32-28-24-20-16-12-8-4)95-78(83)65-61-57-53-49-45-41-37-34-30-26-22-18-14-10-6-2/h22,25-27,29,31,33-38,73-75,80H,5-21,23-24,28,30,32,39-72H2,1-4H3,(H,85,86)(H,87,88)/b26-22-,29-25-,31-27-,36-33-,37-34-,38-35-/t73-,74+,75+/m0/s1.